The number of hydrogen-bond donors (Lipinski definition) is 1. The van der Waals surface area contributed by atoms with Crippen LogP contribution in [0.15, 0.2) is 15.9 Å². The Hall–Kier alpha value is 0.1000. The van der Waals surface area contributed by atoms with Gasteiger partial charge in [-0.3, -0.25) is 0 Å². The van der Waals surface area contributed by atoms with E-state index in [1.807, 2.05) is 11.3 Å². The first-order valence-electron chi connectivity index (χ1n) is 6.12. The maximum absolute atomic E-state index is 5.20. The van der Waals surface area contributed by atoms with E-state index in [0.717, 1.165) is 26.0 Å². The molecule has 0 aliphatic carbocycles. The Balaban J connectivity index is 2.47. The number of ether oxygens (including phenoxy) is 1. The van der Waals surface area contributed by atoms with Gasteiger partial charge in [-0.15, -0.1) is 11.3 Å². The van der Waals surface area contributed by atoms with Crippen molar-refractivity contribution in [3.63, 3.8) is 0 Å². The molecule has 98 valence electrons. The van der Waals surface area contributed by atoms with Gasteiger partial charge in [-0.25, -0.2) is 0 Å². The summed E-state index contributed by atoms with van der Waals surface area (Å²) in [6, 6.07) is 4.89. The van der Waals surface area contributed by atoms with Crippen LogP contribution >= 0.6 is 27.3 Å². The third kappa shape index (κ3) is 6.00. The minimum Gasteiger partial charge on any atom is -0.384 e. The van der Waals surface area contributed by atoms with E-state index in [9.17, 15) is 0 Å². The lowest BCUT2D eigenvalue weighted by molar-refractivity contribution is 0.149. The third-order valence-corrected chi connectivity index (χ3v) is 4.35. The van der Waals surface area contributed by atoms with Crippen LogP contribution in [0.25, 0.3) is 0 Å². The molecule has 2 atom stereocenters. The largest absolute Gasteiger partial charge is 0.384 e. The Morgan fingerprint density at radius 1 is 1.47 bits per heavy atom. The zero-order chi connectivity index (χ0) is 12.7. The molecule has 0 radical (unpaired) electrons. The molecule has 0 aliphatic heterocycles. The van der Waals surface area contributed by atoms with Gasteiger partial charge in [-0.2, -0.15) is 0 Å². The molecule has 1 heterocycles. The highest BCUT2D eigenvalue weighted by atomic mass is 79.9. The zero-order valence-electron chi connectivity index (χ0n) is 10.8. The fourth-order valence-corrected chi connectivity index (χ4v) is 3.63. The van der Waals surface area contributed by atoms with Gasteiger partial charge in [0.2, 0.25) is 0 Å². The SMILES string of the molecule is CCNC(Cc1ccc(Br)s1)CC(C)COC. The second kappa shape index (κ2) is 8.25. The van der Waals surface area contributed by atoms with E-state index in [2.05, 4.69) is 47.2 Å². The van der Waals surface area contributed by atoms with Crippen molar-refractivity contribution < 1.29 is 4.74 Å². The third-order valence-electron chi connectivity index (χ3n) is 2.71. The predicted octanol–water partition coefficient (Wildman–Crippen LogP) is 3.70. The number of rotatable bonds is 8. The van der Waals surface area contributed by atoms with Gasteiger partial charge in [-0.1, -0.05) is 13.8 Å². The molecular formula is C13H22BrNOS. The Morgan fingerprint density at radius 2 is 2.24 bits per heavy atom. The fraction of sp³-hybridized carbons (Fsp3) is 0.692. The van der Waals surface area contributed by atoms with E-state index < -0.39 is 0 Å². The first-order valence-corrected chi connectivity index (χ1v) is 7.73. The number of thiophene rings is 1. The Bertz CT molecular complexity index is 316. The fourth-order valence-electron chi connectivity index (χ4n) is 2.07. The molecule has 0 aliphatic rings. The highest BCUT2D eigenvalue weighted by Gasteiger charge is 2.14. The van der Waals surface area contributed by atoms with Crippen LogP contribution in [0, 0.1) is 5.92 Å². The monoisotopic (exact) mass is 319 g/mol. The summed E-state index contributed by atoms with van der Waals surface area (Å²) in [7, 11) is 1.77. The van der Waals surface area contributed by atoms with Gasteiger partial charge in [0.05, 0.1) is 3.79 Å². The van der Waals surface area contributed by atoms with Gasteiger partial charge in [0.25, 0.3) is 0 Å². The van der Waals surface area contributed by atoms with Crippen molar-refractivity contribution in [1.29, 1.82) is 0 Å². The average Bonchev–Trinajstić information content (AvgIpc) is 2.64. The van der Waals surface area contributed by atoms with Crippen molar-refractivity contribution in [3.05, 3.63) is 20.8 Å². The van der Waals surface area contributed by atoms with Crippen molar-refractivity contribution in [2.75, 3.05) is 20.3 Å². The second-order valence-corrected chi connectivity index (χ2v) is 7.01. The molecule has 1 aromatic heterocycles. The Kier molecular flexibility index (Phi) is 7.35. The van der Waals surface area contributed by atoms with Crippen LogP contribution in [0.2, 0.25) is 0 Å². The smallest absolute Gasteiger partial charge is 0.0701 e. The summed E-state index contributed by atoms with van der Waals surface area (Å²) in [5.41, 5.74) is 0. The summed E-state index contributed by atoms with van der Waals surface area (Å²) >= 11 is 5.34. The number of nitrogens with one attached hydrogen (secondary N) is 1. The van der Waals surface area contributed by atoms with Crippen LogP contribution < -0.4 is 5.32 Å². The van der Waals surface area contributed by atoms with E-state index in [1.165, 1.54) is 8.66 Å². The average molecular weight is 320 g/mol. The summed E-state index contributed by atoms with van der Waals surface area (Å²) in [6.07, 6.45) is 2.27. The van der Waals surface area contributed by atoms with Crippen molar-refractivity contribution in [2.24, 2.45) is 5.92 Å². The lowest BCUT2D eigenvalue weighted by Gasteiger charge is -2.21. The molecule has 1 aromatic rings. The van der Waals surface area contributed by atoms with Crippen LogP contribution in [0.5, 0.6) is 0 Å². The maximum atomic E-state index is 5.20. The van der Waals surface area contributed by atoms with Gasteiger partial charge in [0.15, 0.2) is 0 Å². The highest BCUT2D eigenvalue weighted by molar-refractivity contribution is 9.11. The lowest BCUT2D eigenvalue weighted by atomic mass is 9.99. The molecule has 17 heavy (non-hydrogen) atoms. The first kappa shape index (κ1) is 15.2. The van der Waals surface area contributed by atoms with Crippen LogP contribution in [0.1, 0.15) is 25.1 Å². The standard InChI is InChI=1S/C13H22BrNOS/c1-4-15-11(7-10(2)9-16-3)8-12-5-6-13(14)17-12/h5-6,10-11,15H,4,7-9H2,1-3H3. The minimum atomic E-state index is 0.552. The number of halogens is 1. The van der Waals surface area contributed by atoms with Crippen molar-refractivity contribution in [2.45, 2.75) is 32.7 Å². The zero-order valence-corrected chi connectivity index (χ0v) is 13.2. The molecule has 0 fully saturated rings. The Morgan fingerprint density at radius 3 is 2.76 bits per heavy atom. The molecule has 2 nitrogen and oxygen atoms in total. The Labute approximate surface area is 117 Å². The summed E-state index contributed by atoms with van der Waals surface area (Å²) in [6.45, 7) is 6.28. The summed E-state index contributed by atoms with van der Waals surface area (Å²) in [4.78, 5) is 1.44. The van der Waals surface area contributed by atoms with Gasteiger partial charge in [-0.05, 0) is 53.4 Å². The topological polar surface area (TPSA) is 21.3 Å². The van der Waals surface area contributed by atoms with E-state index in [4.69, 9.17) is 4.74 Å². The normalized spacial score (nSPS) is 14.8. The molecule has 0 spiro atoms. The quantitative estimate of drug-likeness (QED) is 0.788. The molecule has 2 unspecified atom stereocenters. The van der Waals surface area contributed by atoms with Gasteiger partial charge in [0.1, 0.15) is 0 Å². The second-order valence-electron chi connectivity index (χ2n) is 4.46. The number of likely N-dealkylation sites (N-methyl/N-ethyl adjacent to an activating group) is 1. The van der Waals surface area contributed by atoms with E-state index >= 15 is 0 Å². The first-order chi connectivity index (χ1) is 8.15. The van der Waals surface area contributed by atoms with E-state index in [-0.39, 0.29) is 0 Å². The molecule has 0 saturated carbocycles. The van der Waals surface area contributed by atoms with Crippen molar-refractivity contribution in [1.82, 2.24) is 5.32 Å². The van der Waals surface area contributed by atoms with Crippen LogP contribution in [0.3, 0.4) is 0 Å². The minimum absolute atomic E-state index is 0.552. The molecule has 0 saturated heterocycles. The number of methoxy groups -OCH3 is 1. The molecule has 1 rings (SSSR count). The van der Waals surface area contributed by atoms with Gasteiger partial charge < -0.3 is 10.1 Å². The van der Waals surface area contributed by atoms with Crippen molar-refractivity contribution in [3.8, 4) is 0 Å². The van der Waals surface area contributed by atoms with Gasteiger partial charge in [0, 0.05) is 24.6 Å². The maximum Gasteiger partial charge on any atom is 0.0701 e. The molecule has 1 N–H and O–H groups in total. The van der Waals surface area contributed by atoms with E-state index in [0.29, 0.717) is 12.0 Å². The van der Waals surface area contributed by atoms with Crippen LogP contribution in [0.4, 0.5) is 0 Å². The molecule has 4 heteroatoms. The van der Waals surface area contributed by atoms with E-state index in [1.54, 1.807) is 7.11 Å². The predicted molar refractivity (Wildman–Crippen MR) is 78.8 cm³/mol. The van der Waals surface area contributed by atoms with Crippen molar-refractivity contribution >= 4 is 27.3 Å². The highest BCUT2D eigenvalue weighted by Crippen LogP contribution is 2.24. The molecule has 0 aromatic carbocycles. The van der Waals surface area contributed by atoms with Gasteiger partial charge >= 0.3 is 0 Å². The molecule has 0 bridgehead atoms. The summed E-state index contributed by atoms with van der Waals surface area (Å²) in [5, 5.41) is 3.57. The number of hydrogen-bond acceptors (Lipinski definition) is 3. The molecule has 0 amide bonds. The summed E-state index contributed by atoms with van der Waals surface area (Å²) < 4.78 is 6.42. The molecular weight excluding hydrogens is 298 g/mol. The van der Waals surface area contributed by atoms with Crippen LogP contribution in [-0.2, 0) is 11.2 Å². The summed E-state index contributed by atoms with van der Waals surface area (Å²) in [5.74, 6) is 0.604. The van der Waals surface area contributed by atoms with Crippen LogP contribution in [-0.4, -0.2) is 26.3 Å². The lowest BCUT2D eigenvalue weighted by Crippen LogP contribution is -2.33.